The molecule has 0 spiro atoms. The molecule has 0 saturated carbocycles. The minimum absolute atomic E-state index is 0.298. The average Bonchev–Trinajstić information content (AvgIpc) is 2.28. The van der Waals surface area contributed by atoms with Crippen LogP contribution in [0.5, 0.6) is 0 Å². The van der Waals surface area contributed by atoms with Crippen LogP contribution in [0.2, 0.25) is 0 Å². The number of hydrogen-bond acceptors (Lipinski definition) is 4. The molecule has 0 aromatic heterocycles. The van der Waals surface area contributed by atoms with Crippen LogP contribution in [0.4, 0.5) is 5.69 Å². The highest BCUT2D eigenvalue weighted by atomic mass is 16.6. The first-order valence-electron chi connectivity index (χ1n) is 5.72. The molecule has 0 saturated heterocycles. The van der Waals surface area contributed by atoms with E-state index in [1.54, 1.807) is 0 Å². The number of nitrogens with zero attached hydrogens (tertiary/aromatic N) is 1. The molecule has 1 aliphatic rings. The number of rotatable bonds is 4. The van der Waals surface area contributed by atoms with Crippen molar-refractivity contribution in [3.05, 3.63) is 57.8 Å². The van der Waals surface area contributed by atoms with Crippen LogP contribution in [-0.2, 0) is 6.42 Å². The van der Waals surface area contributed by atoms with Gasteiger partial charge < -0.3 is 11.1 Å². The summed E-state index contributed by atoms with van der Waals surface area (Å²) in [4.78, 5) is 10.0. The number of benzene rings is 1. The monoisotopic (exact) mass is 245 g/mol. The Morgan fingerprint density at radius 3 is 3.06 bits per heavy atom. The molecule has 5 nitrogen and oxygen atoms in total. The highest BCUT2D eigenvalue weighted by molar-refractivity contribution is 5.79. The summed E-state index contributed by atoms with van der Waals surface area (Å²) >= 11 is 0. The van der Waals surface area contributed by atoms with Crippen LogP contribution in [0.1, 0.15) is 17.5 Å². The molecule has 0 heterocycles. The summed E-state index contributed by atoms with van der Waals surface area (Å²) in [5, 5.41) is 13.4. The Kier molecular flexibility index (Phi) is 3.32. The molecule has 0 unspecified atom stereocenters. The number of nitrogens with one attached hydrogen (secondary N) is 1. The quantitative estimate of drug-likeness (QED) is 0.629. The Morgan fingerprint density at radius 2 is 2.33 bits per heavy atom. The van der Waals surface area contributed by atoms with E-state index < -0.39 is 4.92 Å². The van der Waals surface area contributed by atoms with Crippen molar-refractivity contribution >= 4 is 11.4 Å². The van der Waals surface area contributed by atoms with E-state index in [9.17, 15) is 10.1 Å². The number of nitro groups is 1. The number of nitrogens with two attached hydrogens (primary N) is 1. The van der Waals surface area contributed by atoms with Crippen molar-refractivity contribution in [3.8, 4) is 0 Å². The van der Waals surface area contributed by atoms with Gasteiger partial charge in [-0.2, -0.15) is 0 Å². The highest BCUT2D eigenvalue weighted by Gasteiger charge is 2.15. The van der Waals surface area contributed by atoms with Crippen LogP contribution < -0.4 is 11.1 Å². The Bertz CT molecular complexity index is 535. The third-order valence-electron chi connectivity index (χ3n) is 2.85. The first kappa shape index (κ1) is 12.2. The van der Waals surface area contributed by atoms with Gasteiger partial charge >= 0.3 is 0 Å². The van der Waals surface area contributed by atoms with Gasteiger partial charge in [0.25, 0.3) is 0 Å². The van der Waals surface area contributed by atoms with Crippen LogP contribution in [0.15, 0.2) is 36.6 Å². The van der Waals surface area contributed by atoms with E-state index in [0.717, 1.165) is 29.7 Å². The topological polar surface area (TPSA) is 81.2 Å². The largest absolute Gasteiger partial charge is 0.398 e. The number of fused-ring (bicyclic) bond motifs is 1. The SMILES string of the molecule is C=C(C[N+](=O)[O-])Nc1cccc2c1C(N)=CCC2. The van der Waals surface area contributed by atoms with Gasteiger partial charge in [-0.25, -0.2) is 0 Å². The first-order valence-corrected chi connectivity index (χ1v) is 5.72. The molecule has 0 aliphatic heterocycles. The van der Waals surface area contributed by atoms with Crippen molar-refractivity contribution in [1.82, 2.24) is 0 Å². The van der Waals surface area contributed by atoms with Crippen molar-refractivity contribution < 1.29 is 4.92 Å². The first-order chi connectivity index (χ1) is 8.58. The fraction of sp³-hybridized carbons (Fsp3) is 0.231. The van der Waals surface area contributed by atoms with E-state index in [4.69, 9.17) is 5.73 Å². The number of hydrogen-bond donors (Lipinski definition) is 2. The lowest BCUT2D eigenvalue weighted by molar-refractivity contribution is -0.470. The maximum absolute atomic E-state index is 10.4. The Hall–Kier alpha value is -2.30. The zero-order valence-electron chi connectivity index (χ0n) is 9.98. The van der Waals surface area contributed by atoms with E-state index in [1.165, 1.54) is 0 Å². The molecule has 0 amide bonds. The standard InChI is InChI=1S/C13H15N3O2/c1-9(8-16(17)18)15-12-7-3-5-10-4-2-6-11(14)13(10)12/h3,5-7,15H,1-2,4,8,14H2. The lowest BCUT2D eigenvalue weighted by Gasteiger charge is -2.19. The number of allylic oxidation sites excluding steroid dienone is 1. The average molecular weight is 245 g/mol. The predicted octanol–water partition coefficient (Wildman–Crippen LogP) is 2.13. The second kappa shape index (κ2) is 4.91. The Balaban J connectivity index is 2.27. The molecular formula is C13H15N3O2. The van der Waals surface area contributed by atoms with Crippen LogP contribution in [0.3, 0.4) is 0 Å². The molecule has 1 aromatic rings. The fourth-order valence-corrected chi connectivity index (χ4v) is 2.12. The maximum Gasteiger partial charge on any atom is 0.242 e. The smallest absolute Gasteiger partial charge is 0.242 e. The van der Waals surface area contributed by atoms with Gasteiger partial charge in [0.1, 0.15) is 0 Å². The second-order valence-electron chi connectivity index (χ2n) is 4.26. The van der Waals surface area contributed by atoms with Crippen LogP contribution >= 0.6 is 0 Å². The van der Waals surface area contributed by atoms with Gasteiger partial charge in [-0.1, -0.05) is 24.8 Å². The van der Waals surface area contributed by atoms with Gasteiger partial charge in [0.05, 0.1) is 5.70 Å². The summed E-state index contributed by atoms with van der Waals surface area (Å²) in [6.45, 7) is 3.35. The highest BCUT2D eigenvalue weighted by Crippen LogP contribution is 2.30. The number of anilines is 1. The molecule has 0 atom stereocenters. The van der Waals surface area contributed by atoms with E-state index in [1.807, 2.05) is 24.3 Å². The summed E-state index contributed by atoms with van der Waals surface area (Å²) in [6.07, 6.45) is 3.84. The molecule has 3 N–H and O–H groups in total. The van der Waals surface area contributed by atoms with E-state index in [0.29, 0.717) is 11.4 Å². The maximum atomic E-state index is 10.4. The Labute approximate surface area is 105 Å². The molecule has 2 rings (SSSR count). The molecule has 94 valence electrons. The molecule has 0 fully saturated rings. The molecule has 0 radical (unpaired) electrons. The van der Waals surface area contributed by atoms with Crippen LogP contribution in [0, 0.1) is 10.1 Å². The summed E-state index contributed by atoms with van der Waals surface area (Å²) in [5.41, 5.74) is 9.94. The zero-order chi connectivity index (χ0) is 13.1. The normalized spacial score (nSPS) is 13.4. The lowest BCUT2D eigenvalue weighted by atomic mass is 9.93. The van der Waals surface area contributed by atoms with Gasteiger partial charge in [-0.3, -0.25) is 10.1 Å². The van der Waals surface area contributed by atoms with Gasteiger partial charge in [0.2, 0.25) is 6.54 Å². The number of aryl methyl sites for hydroxylation is 1. The van der Waals surface area contributed by atoms with Crippen LogP contribution in [0.25, 0.3) is 5.70 Å². The molecule has 5 heteroatoms. The molecule has 0 bridgehead atoms. The molecule has 18 heavy (non-hydrogen) atoms. The summed E-state index contributed by atoms with van der Waals surface area (Å²) < 4.78 is 0. The third-order valence-corrected chi connectivity index (χ3v) is 2.85. The second-order valence-corrected chi connectivity index (χ2v) is 4.26. The summed E-state index contributed by atoms with van der Waals surface area (Å²) in [6, 6.07) is 5.80. The fourth-order valence-electron chi connectivity index (χ4n) is 2.12. The molecule has 1 aromatic carbocycles. The minimum atomic E-state index is -0.413. The van der Waals surface area contributed by atoms with E-state index in [2.05, 4.69) is 11.9 Å². The van der Waals surface area contributed by atoms with Crippen molar-refractivity contribution in [2.75, 3.05) is 11.9 Å². The van der Waals surface area contributed by atoms with Crippen molar-refractivity contribution in [2.45, 2.75) is 12.8 Å². The summed E-state index contributed by atoms with van der Waals surface area (Å²) in [5.74, 6) is 0. The van der Waals surface area contributed by atoms with Crippen LogP contribution in [-0.4, -0.2) is 11.5 Å². The van der Waals surface area contributed by atoms with E-state index in [-0.39, 0.29) is 6.54 Å². The van der Waals surface area contributed by atoms with Crippen molar-refractivity contribution in [3.63, 3.8) is 0 Å². The molecular weight excluding hydrogens is 230 g/mol. The van der Waals surface area contributed by atoms with Gasteiger partial charge in [-0.15, -0.1) is 0 Å². The van der Waals surface area contributed by atoms with Gasteiger partial charge in [0, 0.05) is 21.9 Å². The van der Waals surface area contributed by atoms with Crippen molar-refractivity contribution in [1.29, 1.82) is 0 Å². The zero-order valence-corrected chi connectivity index (χ0v) is 9.98. The minimum Gasteiger partial charge on any atom is -0.398 e. The molecule has 1 aliphatic carbocycles. The van der Waals surface area contributed by atoms with E-state index >= 15 is 0 Å². The van der Waals surface area contributed by atoms with Gasteiger partial charge in [0.15, 0.2) is 0 Å². The lowest BCUT2D eigenvalue weighted by Crippen LogP contribution is -2.14. The summed E-state index contributed by atoms with van der Waals surface area (Å²) in [7, 11) is 0. The Morgan fingerprint density at radius 1 is 1.56 bits per heavy atom. The predicted molar refractivity (Wildman–Crippen MR) is 71.6 cm³/mol. The van der Waals surface area contributed by atoms with Gasteiger partial charge in [-0.05, 0) is 24.5 Å². The van der Waals surface area contributed by atoms with Crippen molar-refractivity contribution in [2.24, 2.45) is 5.73 Å². The third kappa shape index (κ3) is 2.51.